The number of fused-ring (bicyclic) bond motifs is 3. The second-order valence-corrected chi connectivity index (χ2v) is 19.9. The van der Waals surface area contributed by atoms with Crippen LogP contribution in [0.3, 0.4) is 0 Å². The van der Waals surface area contributed by atoms with Crippen LogP contribution in [0.4, 0.5) is 34.1 Å². The minimum absolute atomic E-state index is 0. The fraction of sp³-hybridized carbons (Fsp3) is 0. The number of carbonyl (C=O) groups is 3. The van der Waals surface area contributed by atoms with Gasteiger partial charge in [-0.15, -0.1) is 25.6 Å². The van der Waals surface area contributed by atoms with Gasteiger partial charge in [0.25, 0.3) is 20.2 Å². The number of hydrogen-bond acceptors (Lipinski definition) is 20. The van der Waals surface area contributed by atoms with Crippen molar-refractivity contribution in [2.45, 2.75) is 14.7 Å². The van der Waals surface area contributed by atoms with Crippen molar-refractivity contribution in [3.8, 4) is 17.2 Å². The second kappa shape index (κ2) is 24.3. The van der Waals surface area contributed by atoms with Gasteiger partial charge in [-0.2, -0.15) is 21.9 Å². The molecule has 9 rings (SSSR count). The van der Waals surface area contributed by atoms with Gasteiger partial charge in [0.15, 0.2) is 11.5 Å². The van der Waals surface area contributed by atoms with Crippen molar-refractivity contribution < 1.29 is 101 Å². The molecule has 400 valence electrons. The van der Waals surface area contributed by atoms with Gasteiger partial charge >= 0.3 is 29.0 Å². The quantitative estimate of drug-likeness (QED) is 0.0376. The Morgan fingerprint density at radius 3 is 1.05 bits per heavy atom. The Hall–Kier alpha value is -9.38. The zero-order valence-corrected chi connectivity index (χ0v) is 43.1. The van der Waals surface area contributed by atoms with Crippen molar-refractivity contribution in [1.82, 2.24) is 0 Å². The molecule has 79 heavy (non-hydrogen) atoms. The molecule has 6 N–H and O–H groups in total. The van der Waals surface area contributed by atoms with Gasteiger partial charge in [0, 0.05) is 16.2 Å². The molecule has 0 aromatic heterocycles. The van der Waals surface area contributed by atoms with Crippen molar-refractivity contribution in [3.05, 3.63) is 180 Å². The minimum Gasteiger partial charge on any atom is -0.871 e. The van der Waals surface area contributed by atoms with Crippen LogP contribution in [0, 0.1) is 0 Å². The summed E-state index contributed by atoms with van der Waals surface area (Å²) in [5.41, 5.74) is -2.41. The monoisotopic (exact) mass is 1170 g/mol. The molecule has 0 aliphatic heterocycles. The zero-order chi connectivity index (χ0) is 56.7. The number of phenols is 2. The maximum Gasteiger partial charge on any atom is 3.00 e. The molecule has 0 amide bonds. The van der Waals surface area contributed by atoms with Crippen LogP contribution in [0.5, 0.6) is 17.2 Å². The van der Waals surface area contributed by atoms with Crippen molar-refractivity contribution >= 4 is 115 Å². The molecule has 0 heterocycles. The Morgan fingerprint density at radius 2 is 0.709 bits per heavy atom. The van der Waals surface area contributed by atoms with Crippen molar-refractivity contribution in [2.75, 3.05) is 0 Å². The first-order valence-electron chi connectivity index (χ1n) is 21.7. The summed E-state index contributed by atoms with van der Waals surface area (Å²) in [6.45, 7) is 0. The summed E-state index contributed by atoms with van der Waals surface area (Å²) >= 11 is 0. The van der Waals surface area contributed by atoms with Gasteiger partial charge in [-0.05, 0) is 76.3 Å². The third kappa shape index (κ3) is 13.6. The van der Waals surface area contributed by atoms with E-state index in [1.54, 1.807) is 72.8 Å². The van der Waals surface area contributed by atoms with Crippen LogP contribution in [-0.4, -0.2) is 77.2 Å². The number of benzene rings is 9. The zero-order valence-electron chi connectivity index (χ0n) is 39.5. The third-order valence-electron chi connectivity index (χ3n) is 10.8. The average molecular weight is 1170 g/mol. The van der Waals surface area contributed by atoms with Gasteiger partial charge in [0.1, 0.15) is 59.5 Å². The first kappa shape index (κ1) is 58.9. The standard InChI is InChI=1S/3C17H12N2O6S.Mn/c3*20-16-12(17(21)22)9-10-5-1-2-6-11(10)15(16)19-18-13-7-3-4-8-14(13)26(23,24)25;/h3*1-9,20H,(H,21,22)(H,23,24,25);/q;;;+3/p-3. The molecule has 0 radical (unpaired) electrons. The smallest absolute Gasteiger partial charge is 0.871 e. The number of azo groups is 3. The molecular weight excluding hydrogens is 1140 g/mol. The molecule has 9 aromatic carbocycles. The number of carbonyl (C=O) groups excluding carboxylic acids is 1. The molecule has 0 saturated heterocycles. The summed E-state index contributed by atoms with van der Waals surface area (Å²) in [6, 6.07) is 39.2. The summed E-state index contributed by atoms with van der Waals surface area (Å²) in [6.07, 6.45) is 0. The molecule has 0 fully saturated rings. The van der Waals surface area contributed by atoms with Crippen LogP contribution in [0.15, 0.2) is 209 Å². The SMILES string of the molecule is O=C(O)c1cc2ccccc2c(N=Nc2ccccc2S(=O)(=O)O)c1O.O=C(O)c1cc2ccccc2c(N=Nc2ccccc2S(=O)(=O)O)c1O.O=C([O-])c1cc2ccccc2c(N=Nc2ccccc2S(=O)(=O)[O-])c1[O-].[Mn+3]. The number of hydrogen-bond donors (Lipinski definition) is 6. The number of rotatable bonds is 12. The number of carboxylic acid groups (broad SMARTS) is 3. The van der Waals surface area contributed by atoms with E-state index in [0.717, 1.165) is 18.2 Å². The van der Waals surface area contributed by atoms with Crippen LogP contribution < -0.4 is 10.2 Å². The van der Waals surface area contributed by atoms with Crippen molar-refractivity contribution in [2.24, 2.45) is 30.7 Å². The number of aromatic carboxylic acids is 3. The Bertz CT molecular complexity index is 3910. The van der Waals surface area contributed by atoms with Crippen LogP contribution >= 0.6 is 0 Å². The second-order valence-electron chi connectivity index (χ2n) is 15.8. The molecule has 28 heteroatoms. The van der Waals surface area contributed by atoms with Gasteiger partial charge in [0.2, 0.25) is 0 Å². The predicted molar refractivity (Wildman–Crippen MR) is 272 cm³/mol. The topological polar surface area (TPSA) is 418 Å². The summed E-state index contributed by atoms with van der Waals surface area (Å²) in [7, 11) is -13.8. The Labute approximate surface area is 456 Å². The molecular formula is C51H33MnN6O18S3. The Balaban J connectivity index is 0.000000190. The van der Waals surface area contributed by atoms with Crippen LogP contribution in [0.2, 0.25) is 0 Å². The first-order valence-corrected chi connectivity index (χ1v) is 26.0. The molecule has 0 unspecified atom stereocenters. The summed E-state index contributed by atoms with van der Waals surface area (Å²) in [5.74, 6) is -6.46. The summed E-state index contributed by atoms with van der Waals surface area (Å²) in [4.78, 5) is 32.3. The van der Waals surface area contributed by atoms with Gasteiger partial charge in [-0.1, -0.05) is 115 Å². The van der Waals surface area contributed by atoms with E-state index in [1.165, 1.54) is 72.8 Å². The summed E-state index contributed by atoms with van der Waals surface area (Å²) < 4.78 is 98.0. The number of aromatic hydroxyl groups is 2. The van der Waals surface area contributed by atoms with E-state index in [-0.39, 0.29) is 62.3 Å². The van der Waals surface area contributed by atoms with E-state index in [4.69, 9.17) is 0 Å². The predicted octanol–water partition coefficient (Wildman–Crippen LogP) is 9.41. The van der Waals surface area contributed by atoms with Crippen molar-refractivity contribution in [1.29, 1.82) is 0 Å². The van der Waals surface area contributed by atoms with E-state index in [0.29, 0.717) is 32.3 Å². The van der Waals surface area contributed by atoms with E-state index >= 15 is 0 Å². The fourth-order valence-electron chi connectivity index (χ4n) is 7.30. The van der Waals surface area contributed by atoms with Crippen LogP contribution in [0.25, 0.3) is 32.3 Å². The molecule has 9 aromatic rings. The molecule has 0 aliphatic rings. The Kier molecular flexibility index (Phi) is 18.1. The Morgan fingerprint density at radius 1 is 0.418 bits per heavy atom. The normalized spacial score (nSPS) is 11.7. The molecule has 0 atom stereocenters. The average Bonchev–Trinajstić information content (AvgIpc) is 3.53. The van der Waals surface area contributed by atoms with Gasteiger partial charge < -0.3 is 40.0 Å². The molecule has 0 bridgehead atoms. The minimum atomic E-state index is -4.80. The van der Waals surface area contributed by atoms with E-state index < -0.39 is 85.8 Å². The molecule has 0 saturated carbocycles. The van der Waals surface area contributed by atoms with Gasteiger partial charge in [-0.3, -0.25) is 9.11 Å². The first-order chi connectivity index (χ1) is 36.9. The molecule has 0 aliphatic carbocycles. The largest absolute Gasteiger partial charge is 3.00 e. The van der Waals surface area contributed by atoms with Gasteiger partial charge in [-0.25, -0.2) is 18.0 Å². The molecule has 0 spiro atoms. The van der Waals surface area contributed by atoms with Crippen LogP contribution in [0.1, 0.15) is 31.1 Å². The van der Waals surface area contributed by atoms with Crippen LogP contribution in [-0.2, 0) is 47.4 Å². The van der Waals surface area contributed by atoms with E-state index in [1.807, 2.05) is 0 Å². The fourth-order valence-corrected chi connectivity index (χ4v) is 9.16. The van der Waals surface area contributed by atoms with E-state index in [9.17, 15) is 83.9 Å². The number of nitrogens with zero attached hydrogens (tertiary/aromatic N) is 6. The third-order valence-corrected chi connectivity index (χ3v) is 13.5. The maximum atomic E-state index is 12.4. The maximum absolute atomic E-state index is 12.4. The number of carboxylic acids is 3. The van der Waals surface area contributed by atoms with Crippen molar-refractivity contribution in [3.63, 3.8) is 0 Å². The summed E-state index contributed by atoms with van der Waals surface area (Å²) in [5, 5.41) is 87.9. The van der Waals surface area contributed by atoms with Gasteiger partial charge in [0.05, 0.1) is 16.6 Å². The van der Waals surface area contributed by atoms with E-state index in [2.05, 4.69) is 30.7 Å². The molecule has 24 nitrogen and oxygen atoms in total.